The minimum Gasteiger partial charge on any atom is -0.508 e. The van der Waals surface area contributed by atoms with E-state index in [2.05, 4.69) is 6.08 Å². The fourth-order valence-electron chi connectivity index (χ4n) is 5.67. The lowest BCUT2D eigenvalue weighted by atomic mass is 9.71. The summed E-state index contributed by atoms with van der Waals surface area (Å²) in [5, 5.41) is 32.7. The minimum atomic E-state index is -1.09. The van der Waals surface area contributed by atoms with E-state index in [0.29, 0.717) is 35.3 Å². The topological polar surface area (TPSA) is 88.4 Å². The third-order valence-corrected chi connectivity index (χ3v) is 7.43. The Kier molecular flexibility index (Phi) is 4.96. The van der Waals surface area contributed by atoms with Crippen molar-refractivity contribution in [3.8, 4) is 23.0 Å². The van der Waals surface area contributed by atoms with Gasteiger partial charge in [-0.25, -0.2) is 0 Å². The Morgan fingerprint density at radius 2 is 1.85 bits per heavy atom. The summed E-state index contributed by atoms with van der Waals surface area (Å²) in [6, 6.07) is 1.81. The summed E-state index contributed by atoms with van der Waals surface area (Å²) in [7, 11) is 0. The highest BCUT2D eigenvalue weighted by atomic mass is 16.7. The summed E-state index contributed by atoms with van der Waals surface area (Å²) in [5.41, 5.74) is 6.46. The molecule has 0 radical (unpaired) electrons. The van der Waals surface area contributed by atoms with Crippen LogP contribution in [0.1, 0.15) is 78.7 Å². The second-order valence-electron chi connectivity index (χ2n) is 10.1. The number of ether oxygens (including phenoxy) is 3. The normalized spacial score (nSPS) is 27.2. The molecule has 0 saturated heterocycles. The fraction of sp³-hybridized carbons (Fsp3) is 0.481. The summed E-state index contributed by atoms with van der Waals surface area (Å²) in [6.07, 6.45) is 2.80. The molecule has 0 spiro atoms. The maximum atomic E-state index is 11.1. The summed E-state index contributed by atoms with van der Waals surface area (Å²) >= 11 is 0. The molecule has 3 aliphatic rings. The molecule has 0 aromatic heterocycles. The number of fused-ring (bicyclic) bond motifs is 4. The van der Waals surface area contributed by atoms with E-state index >= 15 is 0 Å². The van der Waals surface area contributed by atoms with Crippen molar-refractivity contribution in [2.24, 2.45) is 0 Å². The zero-order valence-corrected chi connectivity index (χ0v) is 20.1. The number of hydrogen-bond donors (Lipinski definition) is 3. The lowest BCUT2D eigenvalue weighted by Crippen LogP contribution is -2.52. The Bertz CT molecular complexity index is 1190. The SMILES string of the molecule is CC(C)=CCc1c(O)c(C)c(O)c2c1C1C3OC(C)Cc4cc(O)c(C)c(c43)OC1(C)OC2. The predicted octanol–water partition coefficient (Wildman–Crippen LogP) is 5.35. The molecule has 2 aromatic carbocycles. The van der Waals surface area contributed by atoms with Crippen molar-refractivity contribution in [3.63, 3.8) is 0 Å². The molecular formula is C27H32O6. The van der Waals surface area contributed by atoms with Gasteiger partial charge >= 0.3 is 0 Å². The molecule has 176 valence electrons. The zero-order valence-electron chi connectivity index (χ0n) is 20.1. The van der Waals surface area contributed by atoms with Gasteiger partial charge in [0.1, 0.15) is 23.0 Å². The molecule has 5 rings (SSSR count). The molecule has 0 aliphatic carbocycles. The highest BCUT2D eigenvalue weighted by Gasteiger charge is 2.56. The van der Waals surface area contributed by atoms with Crippen molar-refractivity contribution >= 4 is 0 Å². The molecule has 6 heteroatoms. The van der Waals surface area contributed by atoms with Gasteiger partial charge in [0, 0.05) is 34.7 Å². The lowest BCUT2D eigenvalue weighted by molar-refractivity contribution is -0.241. The van der Waals surface area contributed by atoms with E-state index in [-0.39, 0.29) is 30.0 Å². The summed E-state index contributed by atoms with van der Waals surface area (Å²) in [4.78, 5) is 0. The molecule has 3 heterocycles. The van der Waals surface area contributed by atoms with Crippen LogP contribution in [-0.4, -0.2) is 27.2 Å². The first-order chi connectivity index (χ1) is 15.5. The van der Waals surface area contributed by atoms with E-state index in [0.717, 1.165) is 27.8 Å². The van der Waals surface area contributed by atoms with Crippen LogP contribution in [0, 0.1) is 13.8 Å². The van der Waals surface area contributed by atoms with Gasteiger partial charge in [0.25, 0.3) is 0 Å². The van der Waals surface area contributed by atoms with Gasteiger partial charge in [-0.05, 0) is 64.7 Å². The van der Waals surface area contributed by atoms with Crippen LogP contribution in [0.2, 0.25) is 0 Å². The molecule has 0 fully saturated rings. The maximum Gasteiger partial charge on any atom is 0.217 e. The monoisotopic (exact) mass is 452 g/mol. The van der Waals surface area contributed by atoms with Gasteiger partial charge in [-0.3, -0.25) is 0 Å². The Balaban J connectivity index is 1.81. The third kappa shape index (κ3) is 3.15. The van der Waals surface area contributed by atoms with E-state index in [9.17, 15) is 15.3 Å². The first-order valence-electron chi connectivity index (χ1n) is 11.6. The molecule has 6 nitrogen and oxygen atoms in total. The van der Waals surface area contributed by atoms with Crippen molar-refractivity contribution in [1.82, 2.24) is 0 Å². The molecule has 3 aliphatic heterocycles. The number of rotatable bonds is 2. The maximum absolute atomic E-state index is 11.1. The summed E-state index contributed by atoms with van der Waals surface area (Å²) < 4.78 is 19.4. The Labute approximate surface area is 194 Å². The van der Waals surface area contributed by atoms with Gasteiger partial charge in [-0.2, -0.15) is 0 Å². The smallest absolute Gasteiger partial charge is 0.217 e. The first kappa shape index (κ1) is 22.1. The lowest BCUT2D eigenvalue weighted by Gasteiger charge is -2.52. The van der Waals surface area contributed by atoms with Crippen LogP contribution >= 0.6 is 0 Å². The van der Waals surface area contributed by atoms with Crippen LogP contribution in [0.4, 0.5) is 0 Å². The number of phenolic OH excluding ortho intramolecular Hbond substituents is 3. The third-order valence-electron chi connectivity index (χ3n) is 7.43. The molecular weight excluding hydrogens is 420 g/mol. The van der Waals surface area contributed by atoms with E-state index in [1.165, 1.54) is 0 Å². The predicted molar refractivity (Wildman–Crippen MR) is 124 cm³/mol. The van der Waals surface area contributed by atoms with Crippen molar-refractivity contribution in [1.29, 1.82) is 0 Å². The van der Waals surface area contributed by atoms with Crippen LogP contribution in [0.25, 0.3) is 0 Å². The van der Waals surface area contributed by atoms with Gasteiger partial charge in [0.15, 0.2) is 0 Å². The second-order valence-corrected chi connectivity index (χ2v) is 10.1. The van der Waals surface area contributed by atoms with Crippen molar-refractivity contribution in [3.05, 3.63) is 56.7 Å². The van der Waals surface area contributed by atoms with Gasteiger partial charge in [0.05, 0.1) is 24.7 Å². The highest BCUT2D eigenvalue weighted by Crippen LogP contribution is 2.61. The van der Waals surface area contributed by atoms with E-state index in [1.54, 1.807) is 6.92 Å². The van der Waals surface area contributed by atoms with Crippen LogP contribution in [0.3, 0.4) is 0 Å². The van der Waals surface area contributed by atoms with Crippen molar-refractivity contribution in [2.75, 3.05) is 0 Å². The summed E-state index contributed by atoms with van der Waals surface area (Å²) in [5.74, 6) is -0.532. The van der Waals surface area contributed by atoms with Gasteiger partial charge in [0.2, 0.25) is 5.79 Å². The van der Waals surface area contributed by atoms with Crippen LogP contribution in [0.15, 0.2) is 17.7 Å². The van der Waals surface area contributed by atoms with Crippen LogP contribution in [-0.2, 0) is 28.9 Å². The number of benzene rings is 2. The first-order valence-corrected chi connectivity index (χ1v) is 11.6. The number of allylic oxidation sites excluding steroid dienone is 2. The largest absolute Gasteiger partial charge is 0.508 e. The molecule has 3 N–H and O–H groups in total. The van der Waals surface area contributed by atoms with E-state index in [1.807, 2.05) is 40.7 Å². The average molecular weight is 453 g/mol. The number of phenols is 3. The van der Waals surface area contributed by atoms with Crippen molar-refractivity contribution in [2.45, 2.75) is 84.9 Å². The molecule has 4 atom stereocenters. The zero-order chi connectivity index (χ0) is 23.8. The quantitative estimate of drug-likeness (QED) is 0.532. The average Bonchev–Trinajstić information content (AvgIpc) is 2.74. The van der Waals surface area contributed by atoms with E-state index < -0.39 is 17.8 Å². The van der Waals surface area contributed by atoms with Gasteiger partial charge < -0.3 is 29.5 Å². The molecule has 2 aromatic rings. The summed E-state index contributed by atoms with van der Waals surface area (Å²) in [6.45, 7) is 11.7. The Morgan fingerprint density at radius 1 is 1.12 bits per heavy atom. The molecule has 0 bridgehead atoms. The highest BCUT2D eigenvalue weighted by molar-refractivity contribution is 5.63. The molecule has 0 saturated carbocycles. The number of aromatic hydroxyl groups is 3. The fourth-order valence-corrected chi connectivity index (χ4v) is 5.67. The Hall–Kier alpha value is -2.70. The molecule has 0 amide bonds. The second kappa shape index (κ2) is 7.40. The van der Waals surface area contributed by atoms with Crippen molar-refractivity contribution < 1.29 is 29.5 Å². The molecule has 33 heavy (non-hydrogen) atoms. The van der Waals surface area contributed by atoms with Gasteiger partial charge in [-0.1, -0.05) is 11.6 Å². The van der Waals surface area contributed by atoms with E-state index in [4.69, 9.17) is 14.2 Å². The Morgan fingerprint density at radius 3 is 2.55 bits per heavy atom. The number of hydrogen-bond acceptors (Lipinski definition) is 6. The molecule has 4 unspecified atom stereocenters. The van der Waals surface area contributed by atoms with Gasteiger partial charge in [-0.15, -0.1) is 0 Å². The van der Waals surface area contributed by atoms with Crippen LogP contribution < -0.4 is 4.74 Å². The minimum absolute atomic E-state index is 0.0577. The van der Waals surface area contributed by atoms with Crippen LogP contribution in [0.5, 0.6) is 23.0 Å². The standard InChI is InChI=1S/C27H32O6/c1-12(2)7-8-17-21-18(24(30)15(5)23(17)29)11-31-27(6)22(21)26-20-16(9-13(3)32-26)10-19(28)14(4)25(20)33-27/h7,10,13,22,26,28-30H,8-9,11H2,1-6H3.